The third-order valence-corrected chi connectivity index (χ3v) is 6.95. The molecule has 0 radical (unpaired) electrons. The lowest BCUT2D eigenvalue weighted by Crippen LogP contribution is -2.50. The lowest BCUT2D eigenvalue weighted by Gasteiger charge is -2.33. The summed E-state index contributed by atoms with van der Waals surface area (Å²) in [5.74, 6) is -0.210. The summed E-state index contributed by atoms with van der Waals surface area (Å²) >= 11 is 1.52. The Kier molecular flexibility index (Phi) is 5.92. The molecule has 1 aliphatic heterocycles. The van der Waals surface area contributed by atoms with Gasteiger partial charge in [-0.1, -0.05) is 0 Å². The van der Waals surface area contributed by atoms with Crippen LogP contribution in [0, 0.1) is 0 Å². The maximum absolute atomic E-state index is 12.6. The molecule has 3 rings (SSSR count). The van der Waals surface area contributed by atoms with Gasteiger partial charge in [-0.2, -0.15) is 28.8 Å². The first-order valence-corrected chi connectivity index (χ1v) is 10.7. The molecule has 1 fully saturated rings. The molecule has 28 heavy (non-hydrogen) atoms. The molecule has 1 aliphatic rings. The maximum Gasteiger partial charge on any atom is 0.416 e. The number of piperazine rings is 1. The summed E-state index contributed by atoms with van der Waals surface area (Å²) in [6.45, 7) is 0.599. The van der Waals surface area contributed by atoms with Gasteiger partial charge in [0.15, 0.2) is 0 Å². The van der Waals surface area contributed by atoms with E-state index < -0.39 is 21.8 Å². The van der Waals surface area contributed by atoms with Crippen LogP contribution in [0.5, 0.6) is 0 Å². The average molecular weight is 430 g/mol. The first kappa shape index (κ1) is 20.6. The van der Waals surface area contributed by atoms with E-state index in [0.29, 0.717) is 0 Å². The minimum atomic E-state index is -4.52. The van der Waals surface area contributed by atoms with Gasteiger partial charge in [-0.15, -0.1) is 0 Å². The van der Waals surface area contributed by atoms with Crippen molar-refractivity contribution in [3.8, 4) is 0 Å². The SMILES string of the molecule is O=C(/C=C/c1ccsc1)N1CCN(S(=O)(=O)c2ccc(C(F)(F)F)cc2)CC1. The Morgan fingerprint density at radius 2 is 1.68 bits per heavy atom. The second-order valence-electron chi connectivity index (χ2n) is 6.14. The van der Waals surface area contributed by atoms with Crippen LogP contribution in [-0.4, -0.2) is 49.7 Å². The molecule has 0 spiro atoms. The van der Waals surface area contributed by atoms with Gasteiger partial charge in [0.2, 0.25) is 15.9 Å². The van der Waals surface area contributed by atoms with Crippen LogP contribution in [0.2, 0.25) is 0 Å². The van der Waals surface area contributed by atoms with Gasteiger partial charge in [0, 0.05) is 32.3 Å². The molecule has 150 valence electrons. The van der Waals surface area contributed by atoms with Crippen LogP contribution in [0.1, 0.15) is 11.1 Å². The van der Waals surface area contributed by atoms with Crippen molar-refractivity contribution in [2.45, 2.75) is 11.1 Å². The standard InChI is InChI=1S/C18H17F3N2O3S2/c19-18(20,21)15-2-4-16(5-3-15)28(25,26)23-10-8-22(9-11-23)17(24)6-1-14-7-12-27-13-14/h1-7,12-13H,8-11H2/b6-1+. The Balaban J connectivity index is 1.62. The Hall–Kier alpha value is -2.17. The van der Waals surface area contributed by atoms with Gasteiger partial charge in [0.05, 0.1) is 10.5 Å². The van der Waals surface area contributed by atoms with Crippen LogP contribution < -0.4 is 0 Å². The number of hydrogen-bond donors (Lipinski definition) is 0. The Bertz CT molecular complexity index is 945. The van der Waals surface area contributed by atoms with Crippen molar-refractivity contribution < 1.29 is 26.4 Å². The third kappa shape index (κ3) is 4.62. The number of carbonyl (C=O) groups is 1. The number of halogens is 3. The van der Waals surface area contributed by atoms with E-state index in [4.69, 9.17) is 0 Å². The number of carbonyl (C=O) groups excluding carboxylic acids is 1. The molecule has 0 bridgehead atoms. The van der Waals surface area contributed by atoms with Crippen molar-refractivity contribution in [3.63, 3.8) is 0 Å². The highest BCUT2D eigenvalue weighted by atomic mass is 32.2. The Labute approximate surface area is 164 Å². The predicted octanol–water partition coefficient (Wildman–Crippen LogP) is 3.31. The van der Waals surface area contributed by atoms with Crippen LogP contribution in [0.3, 0.4) is 0 Å². The molecular weight excluding hydrogens is 413 g/mol. The minimum Gasteiger partial charge on any atom is -0.337 e. The second kappa shape index (κ2) is 8.06. The van der Waals surface area contributed by atoms with Gasteiger partial charge in [-0.25, -0.2) is 8.42 Å². The molecule has 0 aliphatic carbocycles. The van der Waals surface area contributed by atoms with Gasteiger partial charge < -0.3 is 4.90 Å². The smallest absolute Gasteiger partial charge is 0.337 e. The minimum absolute atomic E-state index is 0.0847. The van der Waals surface area contributed by atoms with E-state index in [1.54, 1.807) is 11.0 Å². The van der Waals surface area contributed by atoms with Gasteiger partial charge in [-0.05, 0) is 52.7 Å². The number of hydrogen-bond acceptors (Lipinski definition) is 4. The fraction of sp³-hybridized carbons (Fsp3) is 0.278. The van der Waals surface area contributed by atoms with E-state index in [-0.39, 0.29) is 37.0 Å². The maximum atomic E-state index is 12.6. The van der Waals surface area contributed by atoms with E-state index in [1.807, 2.05) is 16.8 Å². The molecule has 1 aromatic carbocycles. The van der Waals surface area contributed by atoms with Gasteiger partial charge in [0.25, 0.3) is 0 Å². The molecule has 1 amide bonds. The second-order valence-corrected chi connectivity index (χ2v) is 8.86. The Morgan fingerprint density at radius 1 is 1.04 bits per heavy atom. The zero-order valence-electron chi connectivity index (χ0n) is 14.6. The van der Waals surface area contributed by atoms with E-state index >= 15 is 0 Å². The highest BCUT2D eigenvalue weighted by Crippen LogP contribution is 2.30. The number of alkyl halides is 3. The van der Waals surface area contributed by atoms with Crippen molar-refractivity contribution in [2.24, 2.45) is 0 Å². The fourth-order valence-corrected chi connectivity index (χ4v) is 4.81. The summed E-state index contributed by atoms with van der Waals surface area (Å²) in [5.41, 5.74) is 0.0149. The van der Waals surface area contributed by atoms with Crippen LogP contribution in [0.4, 0.5) is 13.2 Å². The van der Waals surface area contributed by atoms with Crippen molar-refractivity contribution in [2.75, 3.05) is 26.2 Å². The topological polar surface area (TPSA) is 57.7 Å². The number of benzene rings is 1. The summed E-state index contributed by atoms with van der Waals surface area (Å²) in [6.07, 6.45) is -1.38. The van der Waals surface area contributed by atoms with Crippen molar-refractivity contribution in [1.82, 2.24) is 9.21 Å². The molecule has 1 saturated heterocycles. The highest BCUT2D eigenvalue weighted by molar-refractivity contribution is 7.89. The quantitative estimate of drug-likeness (QED) is 0.700. The van der Waals surface area contributed by atoms with Gasteiger partial charge in [0.1, 0.15) is 0 Å². The lowest BCUT2D eigenvalue weighted by atomic mass is 10.2. The third-order valence-electron chi connectivity index (χ3n) is 4.33. The van der Waals surface area contributed by atoms with E-state index in [9.17, 15) is 26.4 Å². The highest BCUT2D eigenvalue weighted by Gasteiger charge is 2.33. The van der Waals surface area contributed by atoms with Crippen molar-refractivity contribution in [3.05, 3.63) is 58.3 Å². The molecule has 0 atom stereocenters. The van der Waals surface area contributed by atoms with Crippen molar-refractivity contribution >= 4 is 33.3 Å². The molecule has 10 heteroatoms. The summed E-state index contributed by atoms with van der Waals surface area (Å²) in [4.78, 5) is 13.6. The molecule has 2 heterocycles. The zero-order valence-corrected chi connectivity index (χ0v) is 16.2. The predicted molar refractivity (Wildman–Crippen MR) is 100 cm³/mol. The van der Waals surface area contributed by atoms with E-state index in [0.717, 1.165) is 29.8 Å². The normalized spacial score (nSPS) is 16.6. The Morgan fingerprint density at radius 3 is 2.21 bits per heavy atom. The molecule has 0 saturated carbocycles. The largest absolute Gasteiger partial charge is 0.416 e. The molecule has 0 unspecified atom stereocenters. The van der Waals surface area contributed by atoms with Crippen molar-refractivity contribution in [1.29, 1.82) is 0 Å². The number of sulfonamides is 1. The zero-order chi connectivity index (χ0) is 20.4. The molecule has 5 nitrogen and oxygen atoms in total. The lowest BCUT2D eigenvalue weighted by molar-refractivity contribution is -0.137. The summed E-state index contributed by atoms with van der Waals surface area (Å²) < 4.78 is 64.4. The molecule has 1 aromatic heterocycles. The first-order valence-electron chi connectivity index (χ1n) is 8.34. The van der Waals surface area contributed by atoms with Gasteiger partial charge in [-0.3, -0.25) is 4.79 Å². The van der Waals surface area contributed by atoms with Crippen LogP contribution in [0.15, 0.2) is 52.1 Å². The average Bonchev–Trinajstić information content (AvgIpc) is 3.19. The van der Waals surface area contributed by atoms with E-state index in [1.165, 1.54) is 21.7 Å². The van der Waals surface area contributed by atoms with Crippen LogP contribution in [0.25, 0.3) is 6.08 Å². The number of rotatable bonds is 4. The number of thiophene rings is 1. The molecular formula is C18H17F3N2O3S2. The summed E-state index contributed by atoms with van der Waals surface area (Å²) in [7, 11) is -3.91. The number of nitrogens with zero attached hydrogens (tertiary/aromatic N) is 2. The van der Waals surface area contributed by atoms with Gasteiger partial charge >= 0.3 is 6.18 Å². The molecule has 2 aromatic rings. The van der Waals surface area contributed by atoms with Crippen LogP contribution in [-0.2, 0) is 21.0 Å². The monoisotopic (exact) mass is 430 g/mol. The fourth-order valence-electron chi connectivity index (χ4n) is 2.76. The first-order chi connectivity index (χ1) is 13.2. The summed E-state index contributed by atoms with van der Waals surface area (Å²) in [5, 5.41) is 3.80. The molecule has 0 N–H and O–H groups in total. The number of amides is 1. The van der Waals surface area contributed by atoms with E-state index in [2.05, 4.69) is 0 Å². The van der Waals surface area contributed by atoms with Crippen LogP contribution >= 0.6 is 11.3 Å². The summed E-state index contributed by atoms with van der Waals surface area (Å²) in [6, 6.07) is 5.30.